The van der Waals surface area contributed by atoms with E-state index in [1.165, 1.54) is 17.4 Å². The number of aliphatic imine (C=N–C) groups is 1. The second-order valence-electron chi connectivity index (χ2n) is 12.7. The lowest BCUT2D eigenvalue weighted by Gasteiger charge is -2.19. The molecule has 0 spiro atoms. The number of fused-ring (bicyclic) bond motifs is 1. The number of amidine groups is 1. The molecule has 2 aromatic carbocycles. The largest absolute Gasteiger partial charge is 0.386 e. The number of H-pyrrole nitrogens is 1. The first-order valence-corrected chi connectivity index (χ1v) is 17.2. The van der Waals surface area contributed by atoms with Crippen LogP contribution < -0.4 is 28.2 Å². The van der Waals surface area contributed by atoms with Crippen molar-refractivity contribution < 1.29 is 4.39 Å². The Morgan fingerprint density at radius 1 is 1.19 bits per heavy atom. The van der Waals surface area contributed by atoms with Gasteiger partial charge in [-0.1, -0.05) is 56.8 Å². The van der Waals surface area contributed by atoms with Crippen molar-refractivity contribution in [2.75, 3.05) is 19.6 Å². The summed E-state index contributed by atoms with van der Waals surface area (Å²) in [6, 6.07) is 13.4. The number of nitrogens with one attached hydrogen (secondary N) is 2. The summed E-state index contributed by atoms with van der Waals surface area (Å²) in [6.45, 7) is 8.09. The molecule has 1 aliphatic rings. The summed E-state index contributed by atoms with van der Waals surface area (Å²) in [4.78, 5) is 24.6. The van der Waals surface area contributed by atoms with Gasteiger partial charge in [0.15, 0.2) is 5.82 Å². The van der Waals surface area contributed by atoms with Crippen molar-refractivity contribution in [3.05, 3.63) is 81.1 Å². The summed E-state index contributed by atoms with van der Waals surface area (Å²) in [5.74, 6) is 1.03. The van der Waals surface area contributed by atoms with Crippen LogP contribution in [0.3, 0.4) is 0 Å². The number of aryl methyl sites for hydroxylation is 1. The molecule has 254 valence electrons. The number of benzene rings is 2. The minimum absolute atomic E-state index is 0.0558. The number of aromatic nitrogens is 3. The highest BCUT2D eigenvalue weighted by molar-refractivity contribution is 6.31. The van der Waals surface area contributed by atoms with Crippen molar-refractivity contribution in [3.63, 3.8) is 0 Å². The predicted molar refractivity (Wildman–Crippen MR) is 193 cm³/mol. The van der Waals surface area contributed by atoms with E-state index < -0.39 is 11.5 Å². The second-order valence-corrected chi connectivity index (χ2v) is 13.1. The van der Waals surface area contributed by atoms with Crippen LogP contribution in [0.25, 0.3) is 28.0 Å². The number of nitrogens with two attached hydrogens (primary N) is 3. The zero-order valence-electron chi connectivity index (χ0n) is 27.9. The Morgan fingerprint density at radius 2 is 1.91 bits per heavy atom. The van der Waals surface area contributed by atoms with E-state index in [9.17, 15) is 4.79 Å². The summed E-state index contributed by atoms with van der Waals surface area (Å²) in [5.41, 5.74) is 20.6. The molecule has 2 atom stereocenters. The van der Waals surface area contributed by atoms with Gasteiger partial charge in [-0.15, -0.1) is 0 Å². The predicted octanol–water partition coefficient (Wildman–Crippen LogP) is 6.40. The SMILES string of the molecule is CC1CC1.CCCC(NCCCN=C(N)CN)c1ccc(-n2cc3cc(-c4cc(CCCC(C)N)cc(Cl)c4F)[nH]c3nc2=O)cc1. The summed E-state index contributed by atoms with van der Waals surface area (Å²) in [7, 11) is 0. The fourth-order valence-electron chi connectivity index (χ4n) is 5.29. The first kappa shape index (κ1) is 36.3. The number of rotatable bonds is 15. The van der Waals surface area contributed by atoms with Gasteiger partial charge in [0.1, 0.15) is 11.5 Å². The number of hydrogen-bond acceptors (Lipinski definition) is 6. The van der Waals surface area contributed by atoms with E-state index in [2.05, 4.69) is 34.1 Å². The molecule has 0 bridgehead atoms. The van der Waals surface area contributed by atoms with E-state index in [0.717, 1.165) is 62.1 Å². The quantitative estimate of drug-likeness (QED) is 0.0563. The van der Waals surface area contributed by atoms with Gasteiger partial charge in [0.2, 0.25) is 0 Å². The molecule has 4 aromatic rings. The smallest absolute Gasteiger partial charge is 0.354 e. The topological polar surface area (TPSA) is 153 Å². The molecule has 5 rings (SSSR count). The normalized spacial score (nSPS) is 14.6. The van der Waals surface area contributed by atoms with Crippen LogP contribution >= 0.6 is 11.6 Å². The number of aromatic amines is 1. The van der Waals surface area contributed by atoms with Crippen molar-refractivity contribution >= 4 is 28.5 Å². The monoisotopic (exact) mass is 664 g/mol. The van der Waals surface area contributed by atoms with E-state index >= 15 is 4.39 Å². The Balaban J connectivity index is 0.00000116. The average Bonchev–Trinajstić information content (AvgIpc) is 3.73. The van der Waals surface area contributed by atoms with E-state index in [0.29, 0.717) is 40.4 Å². The molecule has 11 heteroatoms. The van der Waals surface area contributed by atoms with Gasteiger partial charge < -0.3 is 27.5 Å². The third kappa shape index (κ3) is 10.7. The first-order chi connectivity index (χ1) is 22.6. The van der Waals surface area contributed by atoms with E-state index in [4.69, 9.17) is 28.8 Å². The average molecular weight is 665 g/mol. The Morgan fingerprint density at radius 3 is 2.55 bits per heavy atom. The van der Waals surface area contributed by atoms with Crippen LogP contribution in [0.1, 0.15) is 82.9 Å². The van der Waals surface area contributed by atoms with Crippen LogP contribution in [-0.2, 0) is 6.42 Å². The van der Waals surface area contributed by atoms with Gasteiger partial charge in [0.05, 0.1) is 22.9 Å². The fourth-order valence-corrected chi connectivity index (χ4v) is 5.53. The summed E-state index contributed by atoms with van der Waals surface area (Å²) in [6.07, 6.45) is 10.0. The van der Waals surface area contributed by atoms with Gasteiger partial charge in [-0.3, -0.25) is 9.56 Å². The third-order valence-corrected chi connectivity index (χ3v) is 8.55. The molecule has 47 heavy (non-hydrogen) atoms. The van der Waals surface area contributed by atoms with Crippen LogP contribution in [0.15, 0.2) is 58.4 Å². The zero-order valence-corrected chi connectivity index (χ0v) is 28.6. The molecule has 1 saturated carbocycles. The maximum absolute atomic E-state index is 15.1. The van der Waals surface area contributed by atoms with Crippen LogP contribution in [0.5, 0.6) is 0 Å². The van der Waals surface area contributed by atoms with E-state index in [-0.39, 0.29) is 23.7 Å². The second kappa shape index (κ2) is 17.5. The standard InChI is InChI=1S/C32H42ClFN8O.C4H8/c1-3-6-27(38-13-5-14-39-29(37)18-35)22-9-11-24(12-10-22)42-19-23-17-28(40-31(23)41-32(42)43)25-15-21(8-4-7-20(2)36)16-26(33)30(25)34;1-4-2-3-4/h9-12,15-17,19-20,27,38H,3-8,13-14,18,35-36H2,1-2H3,(H2,37,39)(H,40,41,43);4H,2-3H2,1H3. The van der Waals surface area contributed by atoms with Crippen molar-refractivity contribution in [1.29, 1.82) is 0 Å². The fraction of sp³-hybridized carbons (Fsp3) is 0.472. The van der Waals surface area contributed by atoms with Crippen LogP contribution in [-0.4, -0.2) is 46.0 Å². The molecule has 0 amide bonds. The van der Waals surface area contributed by atoms with Gasteiger partial charge in [0.25, 0.3) is 0 Å². The van der Waals surface area contributed by atoms with Gasteiger partial charge in [0, 0.05) is 35.8 Å². The van der Waals surface area contributed by atoms with Crippen LogP contribution in [0.2, 0.25) is 5.02 Å². The molecule has 2 heterocycles. The molecule has 9 nitrogen and oxygen atoms in total. The number of halogens is 2. The molecule has 2 unspecified atom stereocenters. The van der Waals surface area contributed by atoms with Gasteiger partial charge in [-0.05, 0) is 92.9 Å². The molecule has 8 N–H and O–H groups in total. The lowest BCUT2D eigenvalue weighted by Crippen LogP contribution is -2.25. The summed E-state index contributed by atoms with van der Waals surface area (Å²) < 4.78 is 16.6. The van der Waals surface area contributed by atoms with Gasteiger partial charge in [-0.2, -0.15) is 4.98 Å². The van der Waals surface area contributed by atoms with E-state index in [1.54, 1.807) is 24.4 Å². The minimum Gasteiger partial charge on any atom is -0.386 e. The molecule has 0 aliphatic heterocycles. The van der Waals surface area contributed by atoms with Crippen molar-refractivity contribution in [2.24, 2.45) is 28.1 Å². The molecule has 1 aliphatic carbocycles. The third-order valence-electron chi connectivity index (χ3n) is 8.28. The van der Waals surface area contributed by atoms with Gasteiger partial charge >= 0.3 is 5.69 Å². The van der Waals surface area contributed by atoms with E-state index in [1.807, 2.05) is 31.2 Å². The molecule has 1 fully saturated rings. The molecular formula is C36H50ClFN8O. The first-order valence-electron chi connectivity index (χ1n) is 16.8. The van der Waals surface area contributed by atoms with Gasteiger partial charge in [-0.25, -0.2) is 9.18 Å². The lowest BCUT2D eigenvalue weighted by molar-refractivity contribution is 0.490. The van der Waals surface area contributed by atoms with Crippen LogP contribution in [0.4, 0.5) is 4.39 Å². The Bertz CT molecular complexity index is 1680. The number of hydrogen-bond donors (Lipinski definition) is 5. The Hall–Kier alpha value is -3.57. The molecular weight excluding hydrogens is 615 g/mol. The number of nitrogens with zero attached hydrogens (tertiary/aromatic N) is 3. The lowest BCUT2D eigenvalue weighted by atomic mass is 10.0. The van der Waals surface area contributed by atoms with Crippen molar-refractivity contribution in [1.82, 2.24) is 19.9 Å². The Labute approximate surface area is 282 Å². The summed E-state index contributed by atoms with van der Waals surface area (Å²) >= 11 is 6.25. The molecule has 0 radical (unpaired) electrons. The highest BCUT2D eigenvalue weighted by Gasteiger charge is 2.16. The van der Waals surface area contributed by atoms with Crippen LogP contribution in [0, 0.1) is 11.7 Å². The highest BCUT2D eigenvalue weighted by Crippen LogP contribution is 2.31. The maximum Gasteiger partial charge on any atom is 0.354 e. The minimum atomic E-state index is -0.516. The maximum atomic E-state index is 15.1. The van der Waals surface area contributed by atoms with Crippen molar-refractivity contribution in [2.45, 2.75) is 84.2 Å². The highest BCUT2D eigenvalue weighted by atomic mass is 35.5. The molecule has 0 saturated heterocycles. The zero-order chi connectivity index (χ0) is 33.9. The summed E-state index contributed by atoms with van der Waals surface area (Å²) in [5, 5.41) is 4.33. The molecule has 2 aromatic heterocycles. The van der Waals surface area contributed by atoms with Crippen molar-refractivity contribution in [3.8, 4) is 16.9 Å². The Kier molecular flexibility index (Phi) is 13.5.